The second-order valence-corrected chi connectivity index (χ2v) is 9.30. The Morgan fingerprint density at radius 1 is 1.03 bits per heavy atom. The SMILES string of the molecule is Cc1nn2c(c1-c1ccccc1)NC1=C(C(=O)C[C@H](C)C1)[C@H]2c1ccc(C(C)C)cc1. The third-order valence-electron chi connectivity index (χ3n) is 6.57. The second kappa shape index (κ2) is 7.52. The van der Waals surface area contributed by atoms with Crippen molar-refractivity contribution in [3.8, 4) is 11.1 Å². The number of aromatic nitrogens is 2. The molecule has 4 heteroatoms. The molecule has 1 N–H and O–H groups in total. The number of anilines is 1. The van der Waals surface area contributed by atoms with Gasteiger partial charge >= 0.3 is 0 Å². The van der Waals surface area contributed by atoms with Crippen LogP contribution in [-0.4, -0.2) is 15.6 Å². The van der Waals surface area contributed by atoms with Crippen LogP contribution in [-0.2, 0) is 4.79 Å². The molecule has 2 heterocycles. The Labute approximate surface area is 184 Å². The van der Waals surface area contributed by atoms with Gasteiger partial charge in [-0.05, 0) is 41.9 Å². The zero-order valence-corrected chi connectivity index (χ0v) is 18.6. The lowest BCUT2D eigenvalue weighted by Crippen LogP contribution is -2.33. The molecule has 31 heavy (non-hydrogen) atoms. The Bertz CT molecular complexity index is 1170. The minimum atomic E-state index is -0.191. The van der Waals surface area contributed by atoms with E-state index >= 15 is 0 Å². The van der Waals surface area contributed by atoms with Crippen LogP contribution in [0, 0.1) is 12.8 Å². The lowest BCUT2D eigenvalue weighted by Gasteiger charge is -2.35. The molecular weight excluding hydrogens is 382 g/mol. The van der Waals surface area contributed by atoms with Crippen molar-refractivity contribution in [1.29, 1.82) is 0 Å². The van der Waals surface area contributed by atoms with Crippen molar-refractivity contribution in [2.45, 2.75) is 52.5 Å². The lowest BCUT2D eigenvalue weighted by molar-refractivity contribution is -0.117. The van der Waals surface area contributed by atoms with Gasteiger partial charge in [0, 0.05) is 23.3 Å². The number of rotatable bonds is 3. The summed E-state index contributed by atoms with van der Waals surface area (Å²) in [4.78, 5) is 13.2. The van der Waals surface area contributed by atoms with Gasteiger partial charge in [-0.1, -0.05) is 75.4 Å². The highest BCUT2D eigenvalue weighted by molar-refractivity contribution is 6.00. The predicted octanol–water partition coefficient (Wildman–Crippen LogP) is 6.25. The standard InChI is InChI=1S/C27H29N3O/c1-16(2)19-10-12-21(13-11-19)26-25-22(14-17(3)15-23(25)31)28-27-24(18(4)29-30(26)27)20-8-6-5-7-9-20/h5-13,16-17,26,28H,14-15H2,1-4H3/t17-,26-/m1/s1. The molecule has 0 saturated heterocycles. The number of carbonyl (C=O) groups is 1. The highest BCUT2D eigenvalue weighted by atomic mass is 16.1. The Morgan fingerprint density at radius 2 is 1.74 bits per heavy atom. The third kappa shape index (κ3) is 3.31. The molecule has 2 aliphatic rings. The fraction of sp³-hybridized carbons (Fsp3) is 0.333. The maximum atomic E-state index is 13.2. The molecule has 1 aliphatic carbocycles. The summed E-state index contributed by atoms with van der Waals surface area (Å²) in [5.74, 6) is 2.04. The molecule has 158 valence electrons. The molecule has 4 nitrogen and oxygen atoms in total. The molecule has 1 aliphatic heterocycles. The van der Waals surface area contributed by atoms with Crippen molar-refractivity contribution in [1.82, 2.24) is 9.78 Å². The molecule has 0 amide bonds. The van der Waals surface area contributed by atoms with Crippen LogP contribution in [0.15, 0.2) is 65.9 Å². The van der Waals surface area contributed by atoms with E-state index < -0.39 is 0 Å². The molecule has 2 aromatic carbocycles. The van der Waals surface area contributed by atoms with Crippen LogP contribution in [0.5, 0.6) is 0 Å². The summed E-state index contributed by atoms with van der Waals surface area (Å²) in [7, 11) is 0. The smallest absolute Gasteiger partial charge is 0.163 e. The van der Waals surface area contributed by atoms with E-state index in [9.17, 15) is 4.79 Å². The van der Waals surface area contributed by atoms with Gasteiger partial charge < -0.3 is 5.32 Å². The van der Waals surface area contributed by atoms with Crippen molar-refractivity contribution in [2.24, 2.45) is 5.92 Å². The van der Waals surface area contributed by atoms with Gasteiger partial charge in [0.25, 0.3) is 0 Å². The van der Waals surface area contributed by atoms with Gasteiger partial charge in [0.15, 0.2) is 5.78 Å². The number of carbonyl (C=O) groups excluding carboxylic acids is 1. The van der Waals surface area contributed by atoms with Gasteiger partial charge in [0.1, 0.15) is 11.9 Å². The van der Waals surface area contributed by atoms with Crippen molar-refractivity contribution in [2.75, 3.05) is 5.32 Å². The van der Waals surface area contributed by atoms with Crippen molar-refractivity contribution in [3.05, 3.63) is 82.7 Å². The first kappa shape index (κ1) is 19.8. The monoisotopic (exact) mass is 411 g/mol. The van der Waals surface area contributed by atoms with E-state index in [0.29, 0.717) is 18.3 Å². The largest absolute Gasteiger partial charge is 0.343 e. The zero-order chi connectivity index (χ0) is 21.7. The number of fused-ring (bicyclic) bond motifs is 1. The number of ketones is 1. The van der Waals surface area contributed by atoms with Crippen LogP contribution in [0.4, 0.5) is 5.82 Å². The van der Waals surface area contributed by atoms with Crippen LogP contribution in [0.25, 0.3) is 11.1 Å². The summed E-state index contributed by atoms with van der Waals surface area (Å²) in [5, 5.41) is 8.59. The second-order valence-electron chi connectivity index (χ2n) is 9.30. The van der Waals surface area contributed by atoms with E-state index in [0.717, 1.165) is 45.9 Å². The summed E-state index contributed by atoms with van der Waals surface area (Å²) in [6, 6.07) is 18.9. The minimum absolute atomic E-state index is 0.191. The Hall–Kier alpha value is -3.14. The fourth-order valence-corrected chi connectivity index (χ4v) is 5.00. The third-order valence-corrected chi connectivity index (χ3v) is 6.57. The van der Waals surface area contributed by atoms with Crippen LogP contribution < -0.4 is 5.32 Å². The summed E-state index contributed by atoms with van der Waals surface area (Å²) >= 11 is 0. The number of nitrogens with one attached hydrogen (secondary N) is 1. The van der Waals surface area contributed by atoms with Crippen LogP contribution in [0.3, 0.4) is 0 Å². The molecule has 2 atom stereocenters. The Kier molecular flexibility index (Phi) is 4.81. The highest BCUT2D eigenvalue weighted by Crippen LogP contribution is 2.45. The average molecular weight is 412 g/mol. The van der Waals surface area contributed by atoms with E-state index in [1.807, 2.05) is 10.7 Å². The minimum Gasteiger partial charge on any atom is -0.343 e. The normalized spacial score (nSPS) is 20.5. The van der Waals surface area contributed by atoms with Gasteiger partial charge in [-0.3, -0.25) is 4.79 Å². The molecular formula is C27H29N3O. The quantitative estimate of drug-likeness (QED) is 0.554. The van der Waals surface area contributed by atoms with Crippen molar-refractivity contribution in [3.63, 3.8) is 0 Å². The molecule has 0 radical (unpaired) electrons. The van der Waals surface area contributed by atoms with Gasteiger partial charge in [-0.25, -0.2) is 4.68 Å². The van der Waals surface area contributed by atoms with E-state index in [1.54, 1.807) is 0 Å². The lowest BCUT2D eigenvalue weighted by atomic mass is 9.81. The van der Waals surface area contributed by atoms with Gasteiger partial charge in [-0.15, -0.1) is 0 Å². The molecule has 0 fully saturated rings. The molecule has 1 aromatic heterocycles. The number of hydrogen-bond donors (Lipinski definition) is 1. The molecule has 0 saturated carbocycles. The van der Waals surface area contributed by atoms with E-state index in [4.69, 9.17) is 5.10 Å². The first-order chi connectivity index (χ1) is 14.9. The summed E-state index contributed by atoms with van der Waals surface area (Å²) in [5.41, 5.74) is 7.58. The number of aryl methyl sites for hydroxylation is 1. The van der Waals surface area contributed by atoms with Crippen LogP contribution in [0.2, 0.25) is 0 Å². The van der Waals surface area contributed by atoms with Crippen molar-refractivity contribution >= 4 is 11.6 Å². The Morgan fingerprint density at radius 3 is 2.42 bits per heavy atom. The summed E-state index contributed by atoms with van der Waals surface area (Å²) < 4.78 is 2.04. The zero-order valence-electron chi connectivity index (χ0n) is 18.6. The molecule has 3 aromatic rings. The van der Waals surface area contributed by atoms with Crippen LogP contribution in [0.1, 0.15) is 62.4 Å². The van der Waals surface area contributed by atoms with E-state index in [-0.39, 0.29) is 11.8 Å². The highest BCUT2D eigenvalue weighted by Gasteiger charge is 2.39. The van der Waals surface area contributed by atoms with Crippen molar-refractivity contribution < 1.29 is 4.79 Å². The van der Waals surface area contributed by atoms with Gasteiger partial charge in [-0.2, -0.15) is 5.10 Å². The predicted molar refractivity (Wildman–Crippen MR) is 125 cm³/mol. The fourth-order valence-electron chi connectivity index (χ4n) is 5.00. The topological polar surface area (TPSA) is 46.9 Å². The number of allylic oxidation sites excluding steroid dienone is 2. The number of benzene rings is 2. The van der Waals surface area contributed by atoms with Gasteiger partial charge in [0.2, 0.25) is 0 Å². The number of hydrogen-bond acceptors (Lipinski definition) is 3. The first-order valence-corrected chi connectivity index (χ1v) is 11.2. The van der Waals surface area contributed by atoms with Crippen LogP contribution >= 0.6 is 0 Å². The molecule has 0 unspecified atom stereocenters. The summed E-state index contributed by atoms with van der Waals surface area (Å²) in [6.07, 6.45) is 1.49. The van der Waals surface area contributed by atoms with E-state index in [2.05, 4.69) is 81.5 Å². The maximum absolute atomic E-state index is 13.2. The Balaban J connectivity index is 1.71. The molecule has 5 rings (SSSR count). The first-order valence-electron chi connectivity index (χ1n) is 11.2. The maximum Gasteiger partial charge on any atom is 0.163 e. The average Bonchev–Trinajstić information content (AvgIpc) is 3.08. The molecule has 0 spiro atoms. The number of nitrogens with zero attached hydrogens (tertiary/aromatic N) is 2. The molecule has 0 bridgehead atoms. The van der Waals surface area contributed by atoms with Gasteiger partial charge in [0.05, 0.1) is 5.69 Å². The van der Waals surface area contributed by atoms with E-state index in [1.165, 1.54) is 5.56 Å². The summed E-state index contributed by atoms with van der Waals surface area (Å²) in [6.45, 7) is 8.61. The number of Topliss-reactive ketones (excluding diaryl/α,β-unsaturated/α-hetero) is 1.